The Hall–Kier alpha value is -1.68. The van der Waals surface area contributed by atoms with Crippen LogP contribution in [0.3, 0.4) is 0 Å². The Labute approximate surface area is 115 Å². The molecule has 0 saturated heterocycles. The second kappa shape index (κ2) is 6.48. The lowest BCUT2D eigenvalue weighted by Gasteiger charge is -2.07. The van der Waals surface area contributed by atoms with Crippen LogP contribution in [-0.2, 0) is 6.18 Å². The molecule has 0 aliphatic rings. The summed E-state index contributed by atoms with van der Waals surface area (Å²) in [6.07, 6.45) is 2.33. The molecule has 0 aliphatic carbocycles. The van der Waals surface area contributed by atoms with Gasteiger partial charge in [-0.3, -0.25) is 0 Å². The van der Waals surface area contributed by atoms with E-state index in [4.69, 9.17) is 11.6 Å². The highest BCUT2D eigenvalue weighted by atomic mass is 35.5. The van der Waals surface area contributed by atoms with Gasteiger partial charge in [-0.1, -0.05) is 36.4 Å². The molecule has 0 aromatic heterocycles. The van der Waals surface area contributed by atoms with Crippen LogP contribution in [0.25, 0.3) is 6.08 Å². The molecule has 0 unspecified atom stereocenters. The van der Waals surface area contributed by atoms with Crippen molar-refractivity contribution in [3.63, 3.8) is 0 Å². The summed E-state index contributed by atoms with van der Waals surface area (Å²) in [4.78, 5) is 0. The number of halogens is 4. The number of allylic oxidation sites excluding steroid dienone is 3. The molecular weight excluding hydrogens is 275 g/mol. The van der Waals surface area contributed by atoms with E-state index in [1.807, 2.05) is 0 Å². The van der Waals surface area contributed by atoms with Crippen LogP contribution in [0.2, 0.25) is 5.02 Å². The third kappa shape index (κ3) is 4.83. The Balaban J connectivity index is 2.89. The molecule has 0 fully saturated rings. The van der Waals surface area contributed by atoms with Gasteiger partial charge in [0.05, 0.1) is 5.56 Å². The highest BCUT2D eigenvalue weighted by Crippen LogP contribution is 2.32. The fourth-order valence-electron chi connectivity index (χ4n) is 1.28. The van der Waals surface area contributed by atoms with Gasteiger partial charge in [0.2, 0.25) is 0 Å². The Kier molecular flexibility index (Phi) is 5.24. The van der Waals surface area contributed by atoms with E-state index in [-0.39, 0.29) is 5.02 Å². The maximum atomic E-state index is 12.4. The van der Waals surface area contributed by atoms with Crippen LogP contribution in [0, 0.1) is 0 Å². The quantitative estimate of drug-likeness (QED) is 0.794. The average Bonchev–Trinajstić information content (AvgIpc) is 2.33. The molecule has 1 aromatic rings. The molecule has 1 aromatic carbocycles. The van der Waals surface area contributed by atoms with E-state index < -0.39 is 11.7 Å². The van der Waals surface area contributed by atoms with Gasteiger partial charge in [0.25, 0.3) is 0 Å². The Morgan fingerprint density at radius 3 is 2.53 bits per heavy atom. The summed E-state index contributed by atoms with van der Waals surface area (Å²) >= 11 is 5.81. The zero-order valence-corrected chi connectivity index (χ0v) is 11.0. The number of rotatable bonds is 4. The second-order valence-corrected chi connectivity index (χ2v) is 4.17. The van der Waals surface area contributed by atoms with Crippen molar-refractivity contribution in [3.05, 3.63) is 64.9 Å². The Bertz CT molecular complexity index is 516. The second-order valence-electron chi connectivity index (χ2n) is 3.76. The lowest BCUT2D eigenvalue weighted by Crippen LogP contribution is -2.04. The van der Waals surface area contributed by atoms with Crippen molar-refractivity contribution in [3.8, 4) is 0 Å². The first kappa shape index (κ1) is 15.4. The molecule has 102 valence electrons. The first-order valence-electron chi connectivity index (χ1n) is 5.42. The number of hydrogen-bond acceptors (Lipinski definition) is 1. The smallest absolute Gasteiger partial charge is 0.394 e. The monoisotopic (exact) mass is 287 g/mol. The normalized spacial score (nSPS) is 12.3. The molecule has 19 heavy (non-hydrogen) atoms. The van der Waals surface area contributed by atoms with Crippen molar-refractivity contribution >= 4 is 17.7 Å². The topological polar surface area (TPSA) is 12.0 Å². The standard InChI is InChI=1S/C14H13ClF3N/c1-10(7-8-19-2)3-4-11-5-6-12(9-13(11)15)14(16,17)18/h3-9,19H,1H2,2H3/b4-3+,8-7-. The molecule has 0 spiro atoms. The van der Waals surface area contributed by atoms with Crippen LogP contribution in [0.4, 0.5) is 13.2 Å². The lowest BCUT2D eigenvalue weighted by molar-refractivity contribution is -0.137. The van der Waals surface area contributed by atoms with E-state index in [9.17, 15) is 13.2 Å². The van der Waals surface area contributed by atoms with Crippen LogP contribution in [0.15, 0.2) is 48.7 Å². The van der Waals surface area contributed by atoms with Crippen LogP contribution >= 0.6 is 11.6 Å². The first-order valence-corrected chi connectivity index (χ1v) is 5.80. The van der Waals surface area contributed by atoms with Crippen LogP contribution in [-0.4, -0.2) is 7.05 Å². The summed E-state index contributed by atoms with van der Waals surface area (Å²) in [5.74, 6) is 0. The van der Waals surface area contributed by atoms with Crippen molar-refractivity contribution in [2.45, 2.75) is 6.18 Å². The summed E-state index contributed by atoms with van der Waals surface area (Å²) in [6.45, 7) is 3.76. The number of alkyl halides is 3. The van der Waals surface area contributed by atoms with Gasteiger partial charge in [-0.15, -0.1) is 0 Å². The van der Waals surface area contributed by atoms with Crippen molar-refractivity contribution in [1.29, 1.82) is 0 Å². The Morgan fingerprint density at radius 2 is 2.00 bits per heavy atom. The van der Waals surface area contributed by atoms with E-state index in [2.05, 4.69) is 11.9 Å². The van der Waals surface area contributed by atoms with Crippen molar-refractivity contribution < 1.29 is 13.2 Å². The molecule has 0 bridgehead atoms. The molecule has 0 saturated carbocycles. The van der Waals surface area contributed by atoms with Gasteiger partial charge in [0, 0.05) is 12.1 Å². The zero-order chi connectivity index (χ0) is 14.5. The van der Waals surface area contributed by atoms with E-state index in [0.717, 1.165) is 12.1 Å². The van der Waals surface area contributed by atoms with Gasteiger partial charge >= 0.3 is 6.18 Å². The fraction of sp³-hybridized carbons (Fsp3) is 0.143. The number of nitrogens with one attached hydrogen (secondary N) is 1. The van der Waals surface area contributed by atoms with Crippen molar-refractivity contribution in [1.82, 2.24) is 5.32 Å². The third-order valence-corrected chi connectivity index (χ3v) is 2.60. The van der Waals surface area contributed by atoms with Gasteiger partial charge in [0.15, 0.2) is 0 Å². The van der Waals surface area contributed by atoms with Crippen LogP contribution < -0.4 is 5.32 Å². The molecule has 1 nitrogen and oxygen atoms in total. The van der Waals surface area contributed by atoms with Crippen LogP contribution in [0.1, 0.15) is 11.1 Å². The summed E-state index contributed by atoms with van der Waals surface area (Å²) in [5, 5.41) is 2.86. The molecule has 0 radical (unpaired) electrons. The predicted octanol–water partition coefficient (Wildman–Crippen LogP) is 4.66. The largest absolute Gasteiger partial charge is 0.416 e. The summed E-state index contributed by atoms with van der Waals surface area (Å²) in [5.41, 5.74) is 0.447. The highest BCUT2D eigenvalue weighted by Gasteiger charge is 2.30. The first-order chi connectivity index (χ1) is 8.84. The van der Waals surface area contributed by atoms with E-state index >= 15 is 0 Å². The number of hydrogen-bond donors (Lipinski definition) is 1. The SMILES string of the molecule is C=C(/C=C\NC)/C=C/c1ccc(C(F)(F)F)cc1Cl. The number of benzene rings is 1. The highest BCUT2D eigenvalue weighted by molar-refractivity contribution is 6.32. The molecule has 0 amide bonds. The molecule has 0 heterocycles. The lowest BCUT2D eigenvalue weighted by atomic mass is 10.1. The van der Waals surface area contributed by atoms with Crippen LogP contribution in [0.5, 0.6) is 0 Å². The molecule has 5 heteroatoms. The zero-order valence-electron chi connectivity index (χ0n) is 10.3. The van der Waals surface area contributed by atoms with Crippen molar-refractivity contribution in [2.24, 2.45) is 0 Å². The fourth-order valence-corrected chi connectivity index (χ4v) is 1.52. The molecule has 0 aliphatic heterocycles. The summed E-state index contributed by atoms with van der Waals surface area (Å²) < 4.78 is 37.3. The van der Waals surface area contributed by atoms with Gasteiger partial charge in [-0.2, -0.15) is 13.2 Å². The predicted molar refractivity (Wildman–Crippen MR) is 72.8 cm³/mol. The Morgan fingerprint density at radius 1 is 1.32 bits per heavy atom. The van der Waals surface area contributed by atoms with Crippen molar-refractivity contribution in [2.75, 3.05) is 7.05 Å². The maximum Gasteiger partial charge on any atom is 0.416 e. The van der Waals surface area contributed by atoms with E-state index in [1.165, 1.54) is 6.07 Å². The molecule has 1 rings (SSSR count). The van der Waals surface area contributed by atoms with Gasteiger partial charge in [-0.05, 0) is 35.5 Å². The summed E-state index contributed by atoms with van der Waals surface area (Å²) in [6, 6.07) is 3.24. The third-order valence-electron chi connectivity index (χ3n) is 2.27. The summed E-state index contributed by atoms with van der Waals surface area (Å²) in [7, 11) is 1.75. The molecule has 0 atom stereocenters. The van der Waals surface area contributed by atoms with E-state index in [0.29, 0.717) is 11.1 Å². The average molecular weight is 288 g/mol. The minimum absolute atomic E-state index is 0.0523. The minimum Gasteiger partial charge on any atom is -0.394 e. The van der Waals surface area contributed by atoms with Gasteiger partial charge < -0.3 is 5.32 Å². The minimum atomic E-state index is -4.38. The van der Waals surface area contributed by atoms with Gasteiger partial charge in [-0.25, -0.2) is 0 Å². The van der Waals surface area contributed by atoms with E-state index in [1.54, 1.807) is 31.5 Å². The maximum absolute atomic E-state index is 12.4. The van der Waals surface area contributed by atoms with Gasteiger partial charge in [0.1, 0.15) is 0 Å². The molecular formula is C14H13ClF3N. The molecule has 1 N–H and O–H groups in total.